The largest absolute Gasteiger partial charge is 0.352 e. The van der Waals surface area contributed by atoms with Crippen molar-refractivity contribution in [3.05, 3.63) is 62.6 Å². The fourth-order valence-electron chi connectivity index (χ4n) is 4.04. The zero-order valence-corrected chi connectivity index (χ0v) is 25.5. The molecule has 0 bridgehead atoms. The van der Waals surface area contributed by atoms with E-state index >= 15 is 0 Å². The maximum atomic E-state index is 13.6. The van der Waals surface area contributed by atoms with Gasteiger partial charge in [0.25, 0.3) is 0 Å². The number of sulfonamides is 1. The molecule has 38 heavy (non-hydrogen) atoms. The van der Waals surface area contributed by atoms with E-state index in [1.54, 1.807) is 43.3 Å². The average Bonchev–Trinajstić information content (AvgIpc) is 2.84. The number of halogens is 3. The number of nitrogens with one attached hydrogen (secondary N) is 1. The molecule has 1 N–H and O–H groups in total. The van der Waals surface area contributed by atoms with Crippen molar-refractivity contribution in [3.8, 4) is 0 Å². The highest BCUT2D eigenvalue weighted by Crippen LogP contribution is 2.29. The number of carbonyl (C=O) groups is 2. The molecule has 0 aliphatic carbocycles. The lowest BCUT2D eigenvalue weighted by Gasteiger charge is -2.32. The van der Waals surface area contributed by atoms with E-state index in [-0.39, 0.29) is 43.8 Å². The van der Waals surface area contributed by atoms with Gasteiger partial charge < -0.3 is 10.2 Å². The predicted octanol–water partition coefficient (Wildman–Crippen LogP) is 6.22. The van der Waals surface area contributed by atoms with Crippen LogP contribution in [0.5, 0.6) is 0 Å². The van der Waals surface area contributed by atoms with E-state index in [9.17, 15) is 18.0 Å². The zero-order valence-electron chi connectivity index (χ0n) is 22.4. The molecule has 0 aromatic heterocycles. The average molecular weight is 605 g/mol. The first-order valence-electron chi connectivity index (χ1n) is 12.6. The van der Waals surface area contributed by atoms with Crippen molar-refractivity contribution in [2.24, 2.45) is 0 Å². The Morgan fingerprint density at radius 2 is 1.71 bits per heavy atom. The van der Waals surface area contributed by atoms with E-state index in [2.05, 4.69) is 5.32 Å². The lowest BCUT2D eigenvalue weighted by atomic mass is 10.1. The summed E-state index contributed by atoms with van der Waals surface area (Å²) in [4.78, 5) is 28.2. The molecule has 7 nitrogen and oxygen atoms in total. The summed E-state index contributed by atoms with van der Waals surface area (Å²) in [6.45, 7) is 7.67. The van der Waals surface area contributed by atoms with Gasteiger partial charge in [0.2, 0.25) is 21.8 Å². The number of carbonyl (C=O) groups excluding carboxylic acids is 2. The SMILES string of the molecule is CC[C@@H](C)NC(=O)[C@@H](CC)N(Cc1ccc(Cl)cc1Cl)C(=O)CCCN(c1cccc(Cl)c1C)S(C)(=O)=O. The Morgan fingerprint density at radius 1 is 1.03 bits per heavy atom. The van der Waals surface area contributed by atoms with Crippen molar-refractivity contribution in [2.45, 2.75) is 72.0 Å². The predicted molar refractivity (Wildman–Crippen MR) is 157 cm³/mol. The van der Waals surface area contributed by atoms with Gasteiger partial charge in [0.05, 0.1) is 11.9 Å². The Balaban J connectivity index is 2.30. The van der Waals surface area contributed by atoms with Crippen LogP contribution in [0.2, 0.25) is 15.1 Å². The highest BCUT2D eigenvalue weighted by Gasteiger charge is 2.30. The maximum absolute atomic E-state index is 13.6. The number of nitrogens with zero attached hydrogens (tertiary/aromatic N) is 2. The number of benzene rings is 2. The molecule has 11 heteroatoms. The van der Waals surface area contributed by atoms with Crippen LogP contribution in [0, 0.1) is 6.92 Å². The van der Waals surface area contributed by atoms with E-state index in [1.165, 1.54) is 9.21 Å². The minimum Gasteiger partial charge on any atom is -0.352 e. The first-order chi connectivity index (χ1) is 17.8. The van der Waals surface area contributed by atoms with Gasteiger partial charge in [-0.1, -0.05) is 60.8 Å². The molecule has 0 aliphatic heterocycles. The van der Waals surface area contributed by atoms with Gasteiger partial charge in [-0.25, -0.2) is 8.42 Å². The fourth-order valence-corrected chi connectivity index (χ4v) is 5.70. The van der Waals surface area contributed by atoms with Crippen LogP contribution >= 0.6 is 34.8 Å². The highest BCUT2D eigenvalue weighted by atomic mass is 35.5. The van der Waals surface area contributed by atoms with Crippen molar-refractivity contribution >= 4 is 62.3 Å². The number of amides is 2. The van der Waals surface area contributed by atoms with Gasteiger partial charge >= 0.3 is 0 Å². The van der Waals surface area contributed by atoms with Crippen molar-refractivity contribution < 1.29 is 18.0 Å². The molecule has 0 aliphatic rings. The van der Waals surface area contributed by atoms with Crippen LogP contribution in [-0.4, -0.2) is 50.0 Å². The second-order valence-electron chi connectivity index (χ2n) is 9.32. The minimum absolute atomic E-state index is 0.0317. The molecule has 0 unspecified atom stereocenters. The van der Waals surface area contributed by atoms with Crippen molar-refractivity contribution in [1.29, 1.82) is 0 Å². The van der Waals surface area contributed by atoms with E-state index in [0.29, 0.717) is 38.3 Å². The second kappa shape index (κ2) is 14.4. The summed E-state index contributed by atoms with van der Waals surface area (Å²) in [5.41, 5.74) is 1.76. The van der Waals surface area contributed by atoms with Gasteiger partial charge in [-0.3, -0.25) is 13.9 Å². The normalized spacial score (nSPS) is 13.1. The molecule has 0 fully saturated rings. The molecule has 0 radical (unpaired) electrons. The number of hydrogen-bond acceptors (Lipinski definition) is 4. The third-order valence-electron chi connectivity index (χ3n) is 6.40. The third kappa shape index (κ3) is 8.76. The summed E-state index contributed by atoms with van der Waals surface area (Å²) in [6.07, 6.45) is 2.55. The second-order valence-corrected chi connectivity index (χ2v) is 12.5. The standard InChI is InChI=1S/C27H36Cl3N3O4S/c1-6-18(3)31-27(35)24(7-2)32(17-20-13-14-21(28)16-23(20)30)26(34)12-9-15-33(38(5,36)37)25-11-8-10-22(29)19(25)4/h8,10-11,13-14,16,18,24H,6-7,9,12,15,17H2,1-5H3,(H,31,35)/t18-,24-/m1/s1. The van der Waals surface area contributed by atoms with E-state index in [1.807, 2.05) is 20.8 Å². The monoisotopic (exact) mass is 603 g/mol. The van der Waals surface area contributed by atoms with Gasteiger partial charge in [0, 0.05) is 40.6 Å². The summed E-state index contributed by atoms with van der Waals surface area (Å²) in [6, 6.07) is 9.32. The lowest BCUT2D eigenvalue weighted by Crippen LogP contribution is -2.50. The molecule has 2 rings (SSSR count). The smallest absolute Gasteiger partial charge is 0.243 e. The topological polar surface area (TPSA) is 86.8 Å². The number of hydrogen-bond donors (Lipinski definition) is 1. The molecule has 2 amide bonds. The Kier molecular flexibility index (Phi) is 12.2. The summed E-state index contributed by atoms with van der Waals surface area (Å²) in [5, 5.41) is 4.28. The first kappa shape index (κ1) is 32.2. The summed E-state index contributed by atoms with van der Waals surface area (Å²) in [5.74, 6) is -0.522. The third-order valence-corrected chi connectivity index (χ3v) is 8.58. The molecular formula is C27H36Cl3N3O4S. The Labute approximate surface area is 241 Å². The Hall–Kier alpha value is -2.00. The van der Waals surface area contributed by atoms with Gasteiger partial charge in [-0.05, 0) is 68.5 Å². The van der Waals surface area contributed by atoms with Gasteiger partial charge in [0.15, 0.2) is 0 Å². The summed E-state index contributed by atoms with van der Waals surface area (Å²) < 4.78 is 26.4. The lowest BCUT2D eigenvalue weighted by molar-refractivity contribution is -0.141. The Bertz CT molecular complexity index is 1240. The molecule has 2 aromatic rings. The highest BCUT2D eigenvalue weighted by molar-refractivity contribution is 7.92. The molecule has 0 saturated carbocycles. The quantitative estimate of drug-likeness (QED) is 0.294. The zero-order chi connectivity index (χ0) is 28.6. The van der Waals surface area contributed by atoms with E-state index in [0.717, 1.165) is 12.7 Å². The van der Waals surface area contributed by atoms with Crippen LogP contribution in [0.4, 0.5) is 5.69 Å². The molecule has 0 spiro atoms. The molecule has 0 heterocycles. The minimum atomic E-state index is -3.63. The van der Waals surface area contributed by atoms with Crippen molar-refractivity contribution in [1.82, 2.24) is 10.2 Å². The molecule has 2 atom stereocenters. The van der Waals surface area contributed by atoms with Gasteiger partial charge in [-0.15, -0.1) is 0 Å². The van der Waals surface area contributed by atoms with E-state index in [4.69, 9.17) is 34.8 Å². The molecule has 2 aromatic carbocycles. The Morgan fingerprint density at radius 3 is 2.29 bits per heavy atom. The summed E-state index contributed by atoms with van der Waals surface area (Å²) in [7, 11) is -3.63. The van der Waals surface area contributed by atoms with Crippen LogP contribution in [0.25, 0.3) is 0 Å². The van der Waals surface area contributed by atoms with Gasteiger partial charge in [0.1, 0.15) is 6.04 Å². The van der Waals surface area contributed by atoms with Crippen LogP contribution in [0.3, 0.4) is 0 Å². The fraction of sp³-hybridized carbons (Fsp3) is 0.481. The van der Waals surface area contributed by atoms with Gasteiger partial charge in [-0.2, -0.15) is 0 Å². The van der Waals surface area contributed by atoms with Crippen LogP contribution in [0.15, 0.2) is 36.4 Å². The van der Waals surface area contributed by atoms with Crippen molar-refractivity contribution in [3.63, 3.8) is 0 Å². The van der Waals surface area contributed by atoms with Crippen LogP contribution in [-0.2, 0) is 26.2 Å². The van der Waals surface area contributed by atoms with E-state index < -0.39 is 16.1 Å². The van der Waals surface area contributed by atoms with Crippen LogP contribution < -0.4 is 9.62 Å². The van der Waals surface area contributed by atoms with Crippen molar-refractivity contribution in [2.75, 3.05) is 17.1 Å². The first-order valence-corrected chi connectivity index (χ1v) is 15.5. The molecule has 0 saturated heterocycles. The molecular weight excluding hydrogens is 569 g/mol. The molecule has 210 valence electrons. The number of anilines is 1. The summed E-state index contributed by atoms with van der Waals surface area (Å²) >= 11 is 18.7. The number of rotatable bonds is 13. The van der Waals surface area contributed by atoms with Crippen LogP contribution in [0.1, 0.15) is 57.6 Å². The maximum Gasteiger partial charge on any atom is 0.243 e.